The normalized spacial score (nSPS) is 12.1. The van der Waals surface area contributed by atoms with Crippen LogP contribution in [0.15, 0.2) is 0 Å². The van der Waals surface area contributed by atoms with Crippen molar-refractivity contribution in [1.82, 2.24) is 0 Å². The zero-order valence-corrected chi connectivity index (χ0v) is 13.7. The molecule has 0 atom stereocenters. The molecule has 0 heterocycles. The van der Waals surface area contributed by atoms with Gasteiger partial charge in [0.15, 0.2) is 0 Å². The van der Waals surface area contributed by atoms with Crippen LogP contribution in [0.3, 0.4) is 0 Å². The van der Waals surface area contributed by atoms with Gasteiger partial charge in [-0.3, -0.25) is 14.4 Å². The van der Waals surface area contributed by atoms with E-state index in [9.17, 15) is 14.4 Å². The summed E-state index contributed by atoms with van der Waals surface area (Å²) in [5.41, 5.74) is -0.761. The van der Waals surface area contributed by atoms with Crippen LogP contribution in [0.4, 0.5) is 0 Å². The number of esters is 1. The molecule has 0 aromatic rings. The first kappa shape index (κ1) is 18.8. The average Bonchev–Trinajstić information content (AvgIpc) is 2.28. The molecule has 20 heavy (non-hydrogen) atoms. The Bertz CT molecular complexity index is 356. The van der Waals surface area contributed by atoms with Crippen LogP contribution in [-0.4, -0.2) is 24.1 Å². The predicted octanol–water partition coefficient (Wildman–Crippen LogP) is 3.32. The van der Waals surface area contributed by atoms with E-state index in [1.807, 2.05) is 41.5 Å². The molecule has 0 aromatic carbocycles. The molecule has 0 aliphatic carbocycles. The Balaban J connectivity index is 3.81. The van der Waals surface area contributed by atoms with Gasteiger partial charge < -0.3 is 4.74 Å². The van der Waals surface area contributed by atoms with Gasteiger partial charge in [-0.1, -0.05) is 41.5 Å². The van der Waals surface area contributed by atoms with Gasteiger partial charge in [-0.2, -0.15) is 0 Å². The molecular weight excluding hydrogens is 256 g/mol. The molecule has 0 N–H and O–H groups in total. The van der Waals surface area contributed by atoms with Crippen molar-refractivity contribution in [2.75, 3.05) is 6.61 Å². The number of ether oxygens (including phenoxy) is 1. The van der Waals surface area contributed by atoms with Crippen LogP contribution in [-0.2, 0) is 19.1 Å². The van der Waals surface area contributed by atoms with Gasteiger partial charge >= 0.3 is 5.97 Å². The predicted molar refractivity (Wildman–Crippen MR) is 78.4 cm³/mol. The van der Waals surface area contributed by atoms with Crippen LogP contribution in [0.1, 0.15) is 67.2 Å². The third-order valence-electron chi connectivity index (χ3n) is 3.04. The van der Waals surface area contributed by atoms with Gasteiger partial charge in [0.1, 0.15) is 11.6 Å². The molecule has 116 valence electrons. The SMILES string of the molecule is CC(C)(C)C(=O)CCCOC(=O)CCC(=O)C(C)(C)C. The number of carbonyl (C=O) groups excluding carboxylic acids is 3. The van der Waals surface area contributed by atoms with Crippen LogP contribution in [0.2, 0.25) is 0 Å². The van der Waals surface area contributed by atoms with Crippen molar-refractivity contribution < 1.29 is 19.1 Å². The molecule has 0 radical (unpaired) electrons. The Morgan fingerprint density at radius 1 is 0.750 bits per heavy atom. The molecule has 0 bridgehead atoms. The summed E-state index contributed by atoms with van der Waals surface area (Å²) in [6.45, 7) is 11.4. The Labute approximate surface area is 122 Å². The number of hydrogen-bond donors (Lipinski definition) is 0. The highest BCUT2D eigenvalue weighted by Crippen LogP contribution is 2.18. The molecule has 0 aromatic heterocycles. The smallest absolute Gasteiger partial charge is 0.306 e. The molecule has 0 spiro atoms. The lowest BCUT2D eigenvalue weighted by atomic mass is 9.88. The monoisotopic (exact) mass is 284 g/mol. The third kappa shape index (κ3) is 8.08. The number of rotatable bonds is 7. The van der Waals surface area contributed by atoms with E-state index in [2.05, 4.69) is 0 Å². The maximum Gasteiger partial charge on any atom is 0.306 e. The zero-order valence-electron chi connectivity index (χ0n) is 13.7. The minimum absolute atomic E-state index is 0.0531. The molecule has 0 aliphatic rings. The van der Waals surface area contributed by atoms with Crippen LogP contribution in [0, 0.1) is 10.8 Å². The Morgan fingerprint density at radius 2 is 1.20 bits per heavy atom. The molecule has 0 unspecified atom stereocenters. The average molecular weight is 284 g/mol. The topological polar surface area (TPSA) is 60.4 Å². The lowest BCUT2D eigenvalue weighted by Gasteiger charge is -2.16. The fourth-order valence-electron chi connectivity index (χ4n) is 1.46. The van der Waals surface area contributed by atoms with Crippen molar-refractivity contribution in [3.05, 3.63) is 0 Å². The van der Waals surface area contributed by atoms with E-state index >= 15 is 0 Å². The van der Waals surface area contributed by atoms with Gasteiger partial charge in [0.05, 0.1) is 13.0 Å². The summed E-state index contributed by atoms with van der Waals surface area (Å²) in [5, 5.41) is 0. The second kappa shape index (κ2) is 7.55. The van der Waals surface area contributed by atoms with Crippen molar-refractivity contribution in [3.63, 3.8) is 0 Å². The highest BCUT2D eigenvalue weighted by Gasteiger charge is 2.22. The van der Waals surface area contributed by atoms with Gasteiger partial charge in [-0.15, -0.1) is 0 Å². The van der Waals surface area contributed by atoms with Gasteiger partial charge in [0.2, 0.25) is 0 Å². The van der Waals surface area contributed by atoms with Crippen LogP contribution < -0.4 is 0 Å². The standard InChI is InChI=1S/C16H28O4/c1-15(2,3)12(17)8-7-11-20-14(19)10-9-13(18)16(4,5)6/h7-11H2,1-6H3. The van der Waals surface area contributed by atoms with E-state index in [1.165, 1.54) is 0 Å². The molecule has 0 aliphatic heterocycles. The number of carbonyl (C=O) groups is 3. The number of hydrogen-bond acceptors (Lipinski definition) is 4. The first-order valence-electron chi connectivity index (χ1n) is 7.17. The first-order valence-corrected chi connectivity index (χ1v) is 7.17. The van der Waals surface area contributed by atoms with Crippen LogP contribution >= 0.6 is 0 Å². The minimum atomic E-state index is -0.417. The Hall–Kier alpha value is -1.19. The second-order valence-corrected chi connectivity index (χ2v) is 7.17. The summed E-state index contributed by atoms with van der Waals surface area (Å²) < 4.78 is 5.02. The summed E-state index contributed by atoms with van der Waals surface area (Å²) in [4.78, 5) is 34.8. The van der Waals surface area contributed by atoms with E-state index in [0.717, 1.165) is 0 Å². The van der Waals surface area contributed by atoms with Crippen molar-refractivity contribution in [2.24, 2.45) is 10.8 Å². The molecule has 0 saturated carbocycles. The fraction of sp³-hybridized carbons (Fsp3) is 0.812. The van der Waals surface area contributed by atoms with E-state index in [-0.39, 0.29) is 42.4 Å². The van der Waals surface area contributed by atoms with Crippen LogP contribution in [0.25, 0.3) is 0 Å². The van der Waals surface area contributed by atoms with Gasteiger partial charge in [0.25, 0.3) is 0 Å². The largest absolute Gasteiger partial charge is 0.466 e. The maximum atomic E-state index is 11.6. The summed E-state index contributed by atoms with van der Waals surface area (Å²) >= 11 is 0. The summed E-state index contributed by atoms with van der Waals surface area (Å²) in [6, 6.07) is 0. The third-order valence-corrected chi connectivity index (χ3v) is 3.04. The van der Waals surface area contributed by atoms with E-state index in [4.69, 9.17) is 4.74 Å². The van der Waals surface area contributed by atoms with Crippen molar-refractivity contribution in [3.8, 4) is 0 Å². The Morgan fingerprint density at radius 3 is 1.65 bits per heavy atom. The quantitative estimate of drug-likeness (QED) is 0.531. The first-order chi connectivity index (χ1) is 8.94. The molecule has 0 fully saturated rings. The zero-order chi connectivity index (χ0) is 16.0. The molecule has 0 amide bonds. The maximum absolute atomic E-state index is 11.6. The van der Waals surface area contributed by atoms with E-state index in [0.29, 0.717) is 12.8 Å². The number of Topliss-reactive ketones (excluding diaryl/α,β-unsaturated/α-hetero) is 2. The van der Waals surface area contributed by atoms with Crippen molar-refractivity contribution >= 4 is 17.5 Å². The lowest BCUT2D eigenvalue weighted by Crippen LogP contribution is -2.22. The summed E-state index contributed by atoms with van der Waals surface area (Å²) in [5.74, 6) is -0.153. The van der Waals surface area contributed by atoms with Crippen molar-refractivity contribution in [2.45, 2.75) is 67.2 Å². The lowest BCUT2D eigenvalue weighted by molar-refractivity contribution is -0.146. The fourth-order valence-corrected chi connectivity index (χ4v) is 1.46. The van der Waals surface area contributed by atoms with Gasteiger partial charge in [-0.05, 0) is 6.42 Å². The summed E-state index contributed by atoms with van der Waals surface area (Å²) in [6.07, 6.45) is 1.28. The molecule has 4 nitrogen and oxygen atoms in total. The molecule has 0 rings (SSSR count). The highest BCUT2D eigenvalue weighted by molar-refractivity contribution is 5.86. The van der Waals surface area contributed by atoms with Gasteiger partial charge in [-0.25, -0.2) is 0 Å². The molecule has 4 heteroatoms. The van der Waals surface area contributed by atoms with Crippen LogP contribution in [0.5, 0.6) is 0 Å². The Kier molecular flexibility index (Phi) is 7.11. The van der Waals surface area contributed by atoms with E-state index in [1.54, 1.807) is 0 Å². The molecule has 0 saturated heterocycles. The second-order valence-electron chi connectivity index (χ2n) is 7.17. The highest BCUT2D eigenvalue weighted by atomic mass is 16.5. The van der Waals surface area contributed by atoms with Gasteiger partial charge in [0, 0.05) is 23.7 Å². The summed E-state index contributed by atoms with van der Waals surface area (Å²) in [7, 11) is 0. The van der Waals surface area contributed by atoms with E-state index < -0.39 is 5.41 Å². The molecular formula is C16H28O4. The van der Waals surface area contributed by atoms with Crippen molar-refractivity contribution in [1.29, 1.82) is 0 Å². The number of ketones is 2. The minimum Gasteiger partial charge on any atom is -0.466 e.